The first-order valence-corrected chi connectivity index (χ1v) is 6.93. The van der Waals surface area contributed by atoms with Crippen LogP contribution in [0.2, 0.25) is 0 Å². The van der Waals surface area contributed by atoms with Crippen LogP contribution in [0.1, 0.15) is 32.1 Å². The quantitative estimate of drug-likeness (QED) is 0.807. The van der Waals surface area contributed by atoms with Crippen molar-refractivity contribution in [1.29, 1.82) is 0 Å². The van der Waals surface area contributed by atoms with Gasteiger partial charge in [-0.05, 0) is 25.0 Å². The van der Waals surface area contributed by atoms with Crippen molar-refractivity contribution in [3.8, 4) is 0 Å². The van der Waals surface area contributed by atoms with E-state index in [1.165, 1.54) is 43.2 Å². The SMILES string of the molecule is CN(c1ccnc2ccccc12)C1CCCCC1.Cl. The van der Waals surface area contributed by atoms with Crippen LogP contribution in [0.3, 0.4) is 0 Å². The Labute approximate surface area is 121 Å². The van der Waals surface area contributed by atoms with Gasteiger partial charge in [0.05, 0.1) is 5.52 Å². The molecule has 0 atom stereocenters. The molecule has 2 aromatic rings. The van der Waals surface area contributed by atoms with Crippen LogP contribution in [0.15, 0.2) is 36.5 Å². The zero-order valence-electron chi connectivity index (χ0n) is 11.4. The van der Waals surface area contributed by atoms with E-state index >= 15 is 0 Å². The molecule has 1 aromatic carbocycles. The Morgan fingerprint density at radius 1 is 1.05 bits per heavy atom. The van der Waals surface area contributed by atoms with Crippen LogP contribution >= 0.6 is 12.4 Å². The molecule has 0 saturated heterocycles. The highest BCUT2D eigenvalue weighted by Crippen LogP contribution is 2.30. The molecule has 1 aromatic heterocycles. The lowest BCUT2D eigenvalue weighted by atomic mass is 9.94. The number of fused-ring (bicyclic) bond motifs is 1. The number of halogens is 1. The normalized spacial score (nSPS) is 16.1. The van der Waals surface area contributed by atoms with Crippen molar-refractivity contribution >= 4 is 29.0 Å². The van der Waals surface area contributed by atoms with Gasteiger partial charge in [-0.1, -0.05) is 37.5 Å². The zero-order chi connectivity index (χ0) is 12.4. The monoisotopic (exact) mass is 276 g/mol. The third kappa shape index (κ3) is 2.84. The zero-order valence-corrected chi connectivity index (χ0v) is 12.2. The van der Waals surface area contributed by atoms with Crippen molar-refractivity contribution in [2.45, 2.75) is 38.1 Å². The Hall–Kier alpha value is -1.28. The van der Waals surface area contributed by atoms with Crippen molar-refractivity contribution in [1.82, 2.24) is 4.98 Å². The molecule has 3 rings (SSSR count). The van der Waals surface area contributed by atoms with E-state index < -0.39 is 0 Å². The Morgan fingerprint density at radius 3 is 2.58 bits per heavy atom. The largest absolute Gasteiger partial charge is 0.371 e. The first-order chi connectivity index (χ1) is 8.86. The van der Waals surface area contributed by atoms with Gasteiger partial charge in [0, 0.05) is 30.4 Å². The highest BCUT2D eigenvalue weighted by atomic mass is 35.5. The van der Waals surface area contributed by atoms with Crippen molar-refractivity contribution in [2.24, 2.45) is 0 Å². The van der Waals surface area contributed by atoms with E-state index in [2.05, 4.69) is 47.3 Å². The van der Waals surface area contributed by atoms with Gasteiger partial charge in [-0.2, -0.15) is 0 Å². The fraction of sp³-hybridized carbons (Fsp3) is 0.438. The predicted molar refractivity (Wildman–Crippen MR) is 84.3 cm³/mol. The molecule has 0 aliphatic heterocycles. The molecule has 19 heavy (non-hydrogen) atoms. The van der Waals surface area contributed by atoms with E-state index in [1.54, 1.807) is 0 Å². The molecule has 1 aliphatic carbocycles. The van der Waals surface area contributed by atoms with Crippen LogP contribution in [0.5, 0.6) is 0 Å². The summed E-state index contributed by atoms with van der Waals surface area (Å²) in [6.45, 7) is 0. The molecule has 3 heteroatoms. The van der Waals surface area contributed by atoms with E-state index in [1.807, 2.05) is 6.20 Å². The molecule has 0 radical (unpaired) electrons. The van der Waals surface area contributed by atoms with E-state index in [-0.39, 0.29) is 12.4 Å². The Balaban J connectivity index is 0.00000133. The molecule has 1 fully saturated rings. The van der Waals surface area contributed by atoms with Gasteiger partial charge in [0.25, 0.3) is 0 Å². The molecule has 0 unspecified atom stereocenters. The number of aromatic nitrogens is 1. The number of nitrogens with zero attached hydrogens (tertiary/aromatic N) is 2. The van der Waals surface area contributed by atoms with E-state index in [0.29, 0.717) is 6.04 Å². The van der Waals surface area contributed by atoms with Crippen LogP contribution < -0.4 is 4.90 Å². The highest BCUT2D eigenvalue weighted by Gasteiger charge is 2.19. The summed E-state index contributed by atoms with van der Waals surface area (Å²) in [7, 11) is 2.23. The maximum absolute atomic E-state index is 4.44. The second-order valence-electron chi connectivity index (χ2n) is 5.25. The van der Waals surface area contributed by atoms with Crippen molar-refractivity contribution < 1.29 is 0 Å². The number of benzene rings is 1. The van der Waals surface area contributed by atoms with E-state index in [4.69, 9.17) is 0 Å². The third-order valence-electron chi connectivity index (χ3n) is 4.13. The van der Waals surface area contributed by atoms with E-state index in [0.717, 1.165) is 5.52 Å². The minimum Gasteiger partial charge on any atom is -0.371 e. The minimum absolute atomic E-state index is 0. The predicted octanol–water partition coefficient (Wildman–Crippen LogP) is 4.43. The van der Waals surface area contributed by atoms with Crippen LogP contribution in [0, 0.1) is 0 Å². The summed E-state index contributed by atoms with van der Waals surface area (Å²) >= 11 is 0. The summed E-state index contributed by atoms with van der Waals surface area (Å²) in [5, 5.41) is 1.27. The maximum Gasteiger partial charge on any atom is 0.0722 e. The van der Waals surface area contributed by atoms with Crippen LogP contribution in [0.25, 0.3) is 10.9 Å². The molecule has 102 valence electrons. The van der Waals surface area contributed by atoms with Gasteiger partial charge in [-0.3, -0.25) is 4.98 Å². The Kier molecular flexibility index (Phi) is 4.65. The number of anilines is 1. The molecule has 0 N–H and O–H groups in total. The summed E-state index contributed by atoms with van der Waals surface area (Å²) in [5.74, 6) is 0. The van der Waals surface area contributed by atoms with Gasteiger partial charge < -0.3 is 4.90 Å². The summed E-state index contributed by atoms with van der Waals surface area (Å²) in [5.41, 5.74) is 2.42. The minimum atomic E-state index is 0. The molecular formula is C16H21ClN2. The number of pyridine rings is 1. The molecule has 2 nitrogen and oxygen atoms in total. The Morgan fingerprint density at radius 2 is 1.79 bits per heavy atom. The molecule has 0 amide bonds. The number of hydrogen-bond acceptors (Lipinski definition) is 2. The first-order valence-electron chi connectivity index (χ1n) is 6.93. The number of rotatable bonds is 2. The van der Waals surface area contributed by atoms with Crippen molar-refractivity contribution in [3.05, 3.63) is 36.5 Å². The Bertz CT molecular complexity index is 530. The first kappa shape index (κ1) is 14.1. The second kappa shape index (κ2) is 6.25. The lowest BCUT2D eigenvalue weighted by Gasteiger charge is -2.33. The van der Waals surface area contributed by atoms with Gasteiger partial charge >= 0.3 is 0 Å². The van der Waals surface area contributed by atoms with Crippen LogP contribution in [0.4, 0.5) is 5.69 Å². The summed E-state index contributed by atoms with van der Waals surface area (Å²) in [4.78, 5) is 6.90. The van der Waals surface area contributed by atoms with Gasteiger partial charge in [0.2, 0.25) is 0 Å². The smallest absolute Gasteiger partial charge is 0.0722 e. The maximum atomic E-state index is 4.44. The average molecular weight is 277 g/mol. The summed E-state index contributed by atoms with van der Waals surface area (Å²) in [6.07, 6.45) is 8.73. The van der Waals surface area contributed by atoms with Gasteiger partial charge in [0.1, 0.15) is 0 Å². The lowest BCUT2D eigenvalue weighted by Crippen LogP contribution is -2.33. The molecule has 0 bridgehead atoms. The second-order valence-corrected chi connectivity index (χ2v) is 5.25. The average Bonchev–Trinajstić information content (AvgIpc) is 2.47. The number of para-hydroxylation sites is 1. The molecule has 1 aliphatic rings. The van der Waals surface area contributed by atoms with Crippen molar-refractivity contribution in [2.75, 3.05) is 11.9 Å². The van der Waals surface area contributed by atoms with Crippen LogP contribution in [-0.4, -0.2) is 18.1 Å². The fourth-order valence-corrected chi connectivity index (χ4v) is 3.05. The number of hydrogen-bond donors (Lipinski definition) is 0. The third-order valence-corrected chi connectivity index (χ3v) is 4.13. The van der Waals surface area contributed by atoms with Gasteiger partial charge in [-0.25, -0.2) is 0 Å². The van der Waals surface area contributed by atoms with Gasteiger partial charge in [-0.15, -0.1) is 12.4 Å². The molecule has 0 spiro atoms. The fourth-order valence-electron chi connectivity index (χ4n) is 3.05. The van der Waals surface area contributed by atoms with Crippen molar-refractivity contribution in [3.63, 3.8) is 0 Å². The van der Waals surface area contributed by atoms with Gasteiger partial charge in [0.15, 0.2) is 0 Å². The lowest BCUT2D eigenvalue weighted by molar-refractivity contribution is 0.428. The summed E-state index contributed by atoms with van der Waals surface area (Å²) < 4.78 is 0. The van der Waals surface area contributed by atoms with Crippen LogP contribution in [-0.2, 0) is 0 Å². The van der Waals surface area contributed by atoms with E-state index in [9.17, 15) is 0 Å². The standard InChI is InChI=1S/C16H20N2.ClH/c1-18(13-7-3-2-4-8-13)16-11-12-17-15-10-6-5-9-14(15)16;/h5-6,9-13H,2-4,7-8H2,1H3;1H. The molecule has 1 saturated carbocycles. The summed E-state index contributed by atoms with van der Waals surface area (Å²) in [6, 6.07) is 11.3. The molecule has 1 heterocycles. The highest BCUT2D eigenvalue weighted by molar-refractivity contribution is 5.91. The molecular weight excluding hydrogens is 256 g/mol. The topological polar surface area (TPSA) is 16.1 Å².